The topological polar surface area (TPSA) is 85.7 Å². The lowest BCUT2D eigenvalue weighted by atomic mass is 9.87. The van der Waals surface area contributed by atoms with Crippen molar-refractivity contribution in [1.82, 2.24) is 4.90 Å². The number of rotatable bonds is 16. The van der Waals surface area contributed by atoms with Crippen LogP contribution >= 0.6 is 0 Å². The summed E-state index contributed by atoms with van der Waals surface area (Å²) in [5.41, 5.74) is 3.92. The van der Waals surface area contributed by atoms with E-state index in [-0.39, 0.29) is 24.2 Å². The Morgan fingerprint density at radius 2 is 1.67 bits per heavy atom. The number of hydrogen-bond donors (Lipinski definition) is 3. The molecule has 1 unspecified atom stereocenters. The molecule has 1 atom stereocenters. The Morgan fingerprint density at radius 3 is 2.04 bits per heavy atom. The number of halogens is 3. The van der Waals surface area contributed by atoms with E-state index in [0.29, 0.717) is 25.0 Å². The summed E-state index contributed by atoms with van der Waals surface area (Å²) < 4.78 is 42.9. The minimum atomic E-state index is -3.24. The van der Waals surface area contributed by atoms with Gasteiger partial charge >= 0.3 is 6.11 Å². The molecule has 1 aliphatic rings. The predicted molar refractivity (Wildman–Crippen MR) is 186 cm³/mol. The molecule has 46 heavy (non-hydrogen) atoms. The molecule has 0 amide bonds. The molecule has 0 aliphatic carbocycles. The van der Waals surface area contributed by atoms with E-state index in [1.807, 2.05) is 39.0 Å². The Bertz CT molecular complexity index is 1160. The Balaban J connectivity index is 0.00000143. The van der Waals surface area contributed by atoms with Gasteiger partial charge in [-0.25, -0.2) is 4.39 Å². The van der Waals surface area contributed by atoms with Crippen molar-refractivity contribution in [3.05, 3.63) is 71.9 Å². The molecule has 0 bridgehead atoms. The number of likely N-dealkylation sites (tertiary alicyclic amines) is 1. The lowest BCUT2D eigenvalue weighted by Gasteiger charge is -2.43. The number of carbonyl (C=O) groups is 1. The fraction of sp³-hybridized carbons (Fsp3) is 0.568. The van der Waals surface area contributed by atoms with Gasteiger partial charge in [-0.05, 0) is 75.8 Å². The summed E-state index contributed by atoms with van der Waals surface area (Å²) in [7, 11) is 0. The highest BCUT2D eigenvalue weighted by Crippen LogP contribution is 2.33. The van der Waals surface area contributed by atoms with Crippen LogP contribution < -0.4 is 10.1 Å². The number of aliphatic hydroxyl groups is 1. The predicted octanol–water partition coefficient (Wildman–Crippen LogP) is 10.1. The number of alkyl halides is 2. The monoisotopic (exact) mass is 649 g/mol. The number of ether oxygens (including phenoxy) is 1. The van der Waals surface area contributed by atoms with Gasteiger partial charge in [0.25, 0.3) is 0 Å². The van der Waals surface area contributed by atoms with Gasteiger partial charge < -0.3 is 25.5 Å². The first-order valence-corrected chi connectivity index (χ1v) is 16.5. The van der Waals surface area contributed by atoms with Crippen LogP contribution in [0.1, 0.15) is 94.4 Å². The number of nitrogens with zero attached hydrogens (tertiary/aromatic N) is 1. The van der Waals surface area contributed by atoms with Crippen molar-refractivity contribution in [1.29, 1.82) is 5.41 Å². The fourth-order valence-electron chi connectivity index (χ4n) is 4.66. The number of carbonyl (C=O) groups excluding carboxylic acids is 1. The van der Waals surface area contributed by atoms with Gasteiger partial charge in [-0.3, -0.25) is 4.79 Å². The molecule has 0 saturated carbocycles. The summed E-state index contributed by atoms with van der Waals surface area (Å²) >= 11 is 0. The van der Waals surface area contributed by atoms with Crippen molar-refractivity contribution < 1.29 is 27.8 Å². The Morgan fingerprint density at radius 1 is 1.13 bits per heavy atom. The quantitative estimate of drug-likeness (QED) is 0.0943. The van der Waals surface area contributed by atoms with Crippen molar-refractivity contribution in [3.63, 3.8) is 0 Å². The molecule has 9 heteroatoms. The third-order valence-electron chi connectivity index (χ3n) is 7.39. The summed E-state index contributed by atoms with van der Waals surface area (Å²) in [5, 5.41) is 21.8. The summed E-state index contributed by atoms with van der Waals surface area (Å²) in [5.74, 6) is -0.876. The molecule has 0 radical (unpaired) electrons. The molecule has 260 valence electrons. The number of benzene rings is 1. The van der Waals surface area contributed by atoms with Crippen LogP contribution in [0, 0.1) is 23.2 Å². The normalized spacial score (nSPS) is 14.7. The number of hydrogen-bond acceptors (Lipinski definition) is 6. The van der Waals surface area contributed by atoms with E-state index < -0.39 is 17.7 Å². The average molecular weight is 650 g/mol. The number of ketones is 1. The van der Waals surface area contributed by atoms with Gasteiger partial charge in [0.1, 0.15) is 5.75 Å². The van der Waals surface area contributed by atoms with E-state index in [9.17, 15) is 23.1 Å². The highest BCUT2D eigenvalue weighted by Gasteiger charge is 2.31. The lowest BCUT2D eigenvalue weighted by molar-refractivity contribution is -0.158. The second-order valence-corrected chi connectivity index (χ2v) is 11.5. The van der Waals surface area contributed by atoms with Crippen LogP contribution in [-0.2, 0) is 4.79 Å². The van der Waals surface area contributed by atoms with Gasteiger partial charge in [0.15, 0.2) is 11.6 Å². The molecule has 0 aromatic heterocycles. The second kappa shape index (κ2) is 22.2. The number of Topliss-reactive ketones (excluding diaryl/α,β-unsaturated/α-hetero) is 1. The number of anilines is 1. The maximum absolute atomic E-state index is 13.2. The maximum Gasteiger partial charge on any atom is 0.394 e. The van der Waals surface area contributed by atoms with E-state index in [0.717, 1.165) is 55.0 Å². The molecule has 1 aliphatic heterocycles. The molecule has 3 N–H and O–H groups in total. The first-order chi connectivity index (χ1) is 21.7. The van der Waals surface area contributed by atoms with E-state index in [2.05, 4.69) is 49.2 Å². The van der Waals surface area contributed by atoms with Crippen molar-refractivity contribution in [2.24, 2.45) is 17.8 Å². The van der Waals surface area contributed by atoms with E-state index in [1.165, 1.54) is 18.6 Å². The number of aliphatic hydroxyl groups excluding tert-OH is 1. The maximum atomic E-state index is 13.2. The van der Waals surface area contributed by atoms with Crippen LogP contribution in [0.5, 0.6) is 5.75 Å². The molecule has 0 spiro atoms. The van der Waals surface area contributed by atoms with Gasteiger partial charge in [0, 0.05) is 66.8 Å². The van der Waals surface area contributed by atoms with Gasteiger partial charge in [-0.2, -0.15) is 8.78 Å². The summed E-state index contributed by atoms with van der Waals surface area (Å²) in [6, 6.07) is 6.40. The van der Waals surface area contributed by atoms with Crippen molar-refractivity contribution in [2.45, 2.75) is 101 Å². The van der Waals surface area contributed by atoms with Crippen LogP contribution in [0.4, 0.5) is 18.9 Å². The molecule has 1 fully saturated rings. The number of allylic oxidation sites excluding steroid dienone is 5. The molecule has 6 nitrogen and oxygen atoms in total. The van der Waals surface area contributed by atoms with Crippen molar-refractivity contribution in [2.75, 3.05) is 25.0 Å². The second-order valence-electron chi connectivity index (χ2n) is 11.5. The first kappa shape index (κ1) is 42.7. The first-order valence-electron chi connectivity index (χ1n) is 16.5. The zero-order valence-corrected chi connectivity index (χ0v) is 29.5. The highest BCUT2D eigenvalue weighted by atomic mass is 19.3. The summed E-state index contributed by atoms with van der Waals surface area (Å²) in [6.07, 6.45) is 7.17. The fourth-order valence-corrected chi connectivity index (χ4v) is 4.66. The van der Waals surface area contributed by atoms with Gasteiger partial charge in [0.05, 0.1) is 0 Å². The summed E-state index contributed by atoms with van der Waals surface area (Å²) in [4.78, 5) is 12.9. The SMILES string of the molecule is C=C(F)C(=O)C(C)CC.CCC.C\C=C/C(=C(C(=N)C(CC)CC)\C(=C\C)Nc1ccc(OC(C)(F)F)cc1)N1CC(CCO)C1. The van der Waals surface area contributed by atoms with Crippen LogP contribution in [0.2, 0.25) is 0 Å². The minimum Gasteiger partial charge on any atom is -0.433 e. The van der Waals surface area contributed by atoms with Crippen molar-refractivity contribution in [3.8, 4) is 5.75 Å². The zero-order valence-electron chi connectivity index (χ0n) is 29.5. The van der Waals surface area contributed by atoms with E-state index in [4.69, 9.17) is 5.41 Å². The molecule has 2 rings (SSSR count). The Labute approximate surface area is 276 Å². The largest absolute Gasteiger partial charge is 0.433 e. The standard InChI is InChI=1S/C27H39F2N3O2.C7H11FO.C3H8/c1-6-10-24(32-17-19(18-32)15-16-33)25(26(30)20(7-2)8-3)23(9-4)31-21-11-13-22(14-12-21)34-27(5,28)29;1-4-5(2)7(9)6(3)8;1-3-2/h6,9-14,19-20,30-31,33H,7-8,15-18H2,1-5H3;5H,3-4H2,1-2H3;3H2,1-2H3/b10-6-,23-9-,25-24-,30-26?;;. The average Bonchev–Trinajstić information content (AvgIpc) is 2.98. The van der Waals surface area contributed by atoms with Gasteiger partial charge in [-0.15, -0.1) is 0 Å². The van der Waals surface area contributed by atoms with Gasteiger partial charge in [-0.1, -0.05) is 66.7 Å². The highest BCUT2D eigenvalue weighted by molar-refractivity contribution is 6.05. The lowest BCUT2D eigenvalue weighted by Crippen LogP contribution is -2.46. The van der Waals surface area contributed by atoms with Gasteiger partial charge in [0.2, 0.25) is 0 Å². The third-order valence-corrected chi connectivity index (χ3v) is 7.39. The minimum absolute atomic E-state index is 0.0886. The molecule has 1 aromatic rings. The molecule has 1 saturated heterocycles. The molecule has 1 heterocycles. The molecular formula is C37H58F3N3O3. The van der Waals surface area contributed by atoms with E-state index in [1.54, 1.807) is 19.1 Å². The summed E-state index contributed by atoms with van der Waals surface area (Å²) in [6.45, 7) is 21.4. The molecular weight excluding hydrogens is 591 g/mol. The Hall–Kier alpha value is -3.33. The van der Waals surface area contributed by atoms with Crippen molar-refractivity contribution >= 4 is 17.2 Å². The third kappa shape index (κ3) is 14.8. The number of nitrogens with one attached hydrogen (secondary N) is 2. The van der Waals surface area contributed by atoms with Crippen LogP contribution in [-0.4, -0.2) is 47.3 Å². The molecule has 1 aromatic carbocycles. The van der Waals surface area contributed by atoms with Crippen LogP contribution in [0.25, 0.3) is 0 Å². The zero-order chi connectivity index (χ0) is 35.4. The van der Waals surface area contributed by atoms with Crippen LogP contribution in [0.15, 0.2) is 71.9 Å². The Kier molecular flexibility index (Phi) is 20.6. The van der Waals surface area contributed by atoms with E-state index >= 15 is 0 Å². The van der Waals surface area contributed by atoms with Crippen LogP contribution in [0.3, 0.4) is 0 Å². The smallest absolute Gasteiger partial charge is 0.394 e.